The first-order chi connectivity index (χ1) is 8.70. The Balaban J connectivity index is 2.20. The van der Waals surface area contributed by atoms with Crippen LogP contribution in [0.25, 0.3) is 0 Å². The van der Waals surface area contributed by atoms with Gasteiger partial charge in [-0.3, -0.25) is 0 Å². The lowest BCUT2D eigenvalue weighted by atomic mass is 10.1. The number of hydrogen-bond acceptors (Lipinski definition) is 4. The van der Waals surface area contributed by atoms with Crippen molar-refractivity contribution < 1.29 is 13.9 Å². The highest BCUT2D eigenvalue weighted by atomic mass is 19.1. The molecule has 100 valence electrons. The second kappa shape index (κ2) is 6.02. The van der Waals surface area contributed by atoms with Gasteiger partial charge in [0.1, 0.15) is 11.6 Å². The van der Waals surface area contributed by atoms with Crippen LogP contribution in [0.5, 0.6) is 5.75 Å². The normalized spacial score (nSPS) is 19.9. The van der Waals surface area contributed by atoms with Gasteiger partial charge in [-0.25, -0.2) is 4.39 Å². The number of nitrogens with two attached hydrogens (primary N) is 1. The van der Waals surface area contributed by atoms with Gasteiger partial charge in [-0.15, -0.1) is 0 Å². The molecule has 0 radical (unpaired) electrons. The molecule has 5 heteroatoms. The molecule has 4 nitrogen and oxygen atoms in total. The highest BCUT2D eigenvalue weighted by Crippen LogP contribution is 2.31. The van der Waals surface area contributed by atoms with Gasteiger partial charge in [0, 0.05) is 32.3 Å². The third-order valence-corrected chi connectivity index (χ3v) is 3.05. The van der Waals surface area contributed by atoms with Crippen molar-refractivity contribution in [2.75, 3.05) is 31.9 Å². The minimum absolute atomic E-state index is 0.136. The fourth-order valence-corrected chi connectivity index (χ4v) is 2.21. The average Bonchev–Trinajstić information content (AvgIpc) is 2.37. The van der Waals surface area contributed by atoms with Crippen molar-refractivity contribution in [3.63, 3.8) is 0 Å². The minimum Gasteiger partial charge on any atom is -0.465 e. The second-order valence-corrected chi connectivity index (χ2v) is 4.51. The van der Waals surface area contributed by atoms with E-state index < -0.39 is 0 Å². The molecule has 2 N–H and O–H groups in total. The fourth-order valence-electron chi connectivity index (χ4n) is 2.21. The molecule has 0 bridgehead atoms. The van der Waals surface area contributed by atoms with Gasteiger partial charge >= 0.3 is 0 Å². The van der Waals surface area contributed by atoms with Crippen molar-refractivity contribution in [3.05, 3.63) is 24.0 Å². The van der Waals surface area contributed by atoms with Crippen LogP contribution in [0.15, 0.2) is 18.2 Å². The van der Waals surface area contributed by atoms with Crippen LogP contribution in [0.2, 0.25) is 0 Å². The molecule has 18 heavy (non-hydrogen) atoms. The summed E-state index contributed by atoms with van der Waals surface area (Å²) in [6.45, 7) is 1.76. The Morgan fingerprint density at radius 3 is 3.06 bits per heavy atom. The maximum Gasteiger partial charge on any atom is 0.188 e. The summed E-state index contributed by atoms with van der Waals surface area (Å²) in [6, 6.07) is 4.64. The first kappa shape index (κ1) is 13.1. The van der Waals surface area contributed by atoms with Crippen molar-refractivity contribution in [3.8, 4) is 5.75 Å². The van der Waals surface area contributed by atoms with Crippen molar-refractivity contribution in [1.82, 2.24) is 0 Å². The summed E-state index contributed by atoms with van der Waals surface area (Å²) in [5, 5.41) is 0. The van der Waals surface area contributed by atoms with Gasteiger partial charge in [0.25, 0.3) is 0 Å². The Hall–Kier alpha value is -1.33. The van der Waals surface area contributed by atoms with Gasteiger partial charge in [-0.05, 0) is 25.0 Å². The van der Waals surface area contributed by atoms with E-state index in [0.717, 1.165) is 31.6 Å². The Kier molecular flexibility index (Phi) is 4.38. The number of anilines is 1. The predicted molar refractivity (Wildman–Crippen MR) is 68.3 cm³/mol. The molecule has 0 spiro atoms. The number of ether oxygens (including phenoxy) is 2. The number of benzene rings is 1. The molecule has 0 aliphatic carbocycles. The van der Waals surface area contributed by atoms with Crippen LogP contribution in [-0.2, 0) is 4.74 Å². The molecule has 1 aromatic rings. The van der Waals surface area contributed by atoms with E-state index in [1.807, 2.05) is 0 Å². The lowest BCUT2D eigenvalue weighted by Crippen LogP contribution is -2.43. The molecule has 0 aromatic heterocycles. The van der Waals surface area contributed by atoms with Crippen molar-refractivity contribution in [1.29, 1.82) is 0 Å². The van der Waals surface area contributed by atoms with E-state index in [1.54, 1.807) is 13.2 Å². The van der Waals surface area contributed by atoms with Crippen LogP contribution in [0.1, 0.15) is 12.8 Å². The predicted octanol–water partition coefficient (Wildman–Crippen LogP) is 1.74. The molecule has 0 amide bonds. The zero-order valence-electron chi connectivity index (χ0n) is 10.6. The van der Waals surface area contributed by atoms with Crippen LogP contribution in [0, 0.1) is 5.82 Å². The number of hydrogen-bond donors (Lipinski definition) is 1. The largest absolute Gasteiger partial charge is 0.465 e. The zero-order chi connectivity index (χ0) is 13.0. The SMILES string of the molecule is COCOc1ccc(F)cc1N1CCCC(N)C1. The van der Waals surface area contributed by atoms with Gasteiger partial charge in [0.15, 0.2) is 6.79 Å². The maximum absolute atomic E-state index is 13.4. The van der Waals surface area contributed by atoms with Crippen LogP contribution < -0.4 is 15.4 Å². The molecule has 1 saturated heterocycles. The molecule has 2 rings (SSSR count). The average molecular weight is 254 g/mol. The summed E-state index contributed by atoms with van der Waals surface area (Å²) in [5.41, 5.74) is 6.70. The summed E-state index contributed by atoms with van der Waals surface area (Å²) in [6.07, 6.45) is 2.03. The molecular formula is C13H19FN2O2. The van der Waals surface area contributed by atoms with E-state index in [-0.39, 0.29) is 18.7 Å². The van der Waals surface area contributed by atoms with Crippen LogP contribution in [0.4, 0.5) is 10.1 Å². The molecule has 0 saturated carbocycles. The molecule has 1 heterocycles. The summed E-state index contributed by atoms with van der Waals surface area (Å²) in [7, 11) is 1.56. The Morgan fingerprint density at radius 2 is 2.33 bits per heavy atom. The Labute approximate surface area is 106 Å². The number of methoxy groups -OCH3 is 1. The van der Waals surface area contributed by atoms with Crippen LogP contribution in [0.3, 0.4) is 0 Å². The van der Waals surface area contributed by atoms with Crippen molar-refractivity contribution in [2.45, 2.75) is 18.9 Å². The van der Waals surface area contributed by atoms with E-state index in [2.05, 4.69) is 4.90 Å². The van der Waals surface area contributed by atoms with Crippen molar-refractivity contribution in [2.24, 2.45) is 5.73 Å². The van der Waals surface area contributed by atoms with E-state index in [9.17, 15) is 4.39 Å². The van der Waals surface area contributed by atoms with E-state index in [0.29, 0.717) is 5.75 Å². The second-order valence-electron chi connectivity index (χ2n) is 4.51. The molecule has 1 fully saturated rings. The van der Waals surface area contributed by atoms with Crippen LogP contribution in [-0.4, -0.2) is 33.0 Å². The highest BCUT2D eigenvalue weighted by Gasteiger charge is 2.20. The van der Waals surface area contributed by atoms with Gasteiger partial charge < -0.3 is 20.1 Å². The van der Waals surface area contributed by atoms with Crippen LogP contribution >= 0.6 is 0 Å². The summed E-state index contributed by atoms with van der Waals surface area (Å²) in [4.78, 5) is 2.07. The first-order valence-electron chi connectivity index (χ1n) is 6.12. The minimum atomic E-state index is -0.270. The first-order valence-corrected chi connectivity index (χ1v) is 6.12. The zero-order valence-corrected chi connectivity index (χ0v) is 10.6. The standard InChI is InChI=1S/C13H19FN2O2/c1-17-9-18-13-5-4-10(14)7-12(13)16-6-2-3-11(15)8-16/h4-5,7,11H,2-3,6,8-9,15H2,1H3. The summed E-state index contributed by atoms with van der Waals surface area (Å²) in [5.74, 6) is 0.362. The van der Waals surface area contributed by atoms with Gasteiger partial charge in [0.05, 0.1) is 5.69 Å². The Bertz CT molecular complexity index is 401. The van der Waals surface area contributed by atoms with E-state index >= 15 is 0 Å². The molecule has 1 atom stereocenters. The van der Waals surface area contributed by atoms with E-state index in [1.165, 1.54) is 12.1 Å². The monoisotopic (exact) mass is 254 g/mol. The molecule has 1 aliphatic heterocycles. The summed E-state index contributed by atoms with van der Waals surface area (Å²) < 4.78 is 23.7. The topological polar surface area (TPSA) is 47.7 Å². The van der Waals surface area contributed by atoms with Crippen molar-refractivity contribution >= 4 is 5.69 Å². The highest BCUT2D eigenvalue weighted by molar-refractivity contribution is 5.59. The quantitative estimate of drug-likeness (QED) is 0.831. The lowest BCUT2D eigenvalue weighted by molar-refractivity contribution is 0.0513. The van der Waals surface area contributed by atoms with E-state index in [4.69, 9.17) is 15.2 Å². The van der Waals surface area contributed by atoms with Gasteiger partial charge in [0.2, 0.25) is 0 Å². The number of halogens is 1. The Morgan fingerprint density at radius 1 is 1.50 bits per heavy atom. The lowest BCUT2D eigenvalue weighted by Gasteiger charge is -2.33. The third-order valence-electron chi connectivity index (χ3n) is 3.05. The van der Waals surface area contributed by atoms with Gasteiger partial charge in [-0.2, -0.15) is 0 Å². The number of rotatable bonds is 4. The third kappa shape index (κ3) is 3.11. The maximum atomic E-state index is 13.4. The molecule has 1 unspecified atom stereocenters. The smallest absolute Gasteiger partial charge is 0.188 e. The summed E-state index contributed by atoms with van der Waals surface area (Å²) >= 11 is 0. The molecule has 1 aliphatic rings. The fraction of sp³-hybridized carbons (Fsp3) is 0.538. The van der Waals surface area contributed by atoms with Gasteiger partial charge in [-0.1, -0.05) is 0 Å². The molecular weight excluding hydrogens is 235 g/mol. The number of nitrogens with zero attached hydrogens (tertiary/aromatic N) is 1. The number of piperidine rings is 1. The molecule has 1 aromatic carbocycles.